The van der Waals surface area contributed by atoms with Gasteiger partial charge in [-0.2, -0.15) is 11.8 Å². The van der Waals surface area contributed by atoms with Gasteiger partial charge in [0.1, 0.15) is 0 Å². The first-order chi connectivity index (χ1) is 6.86. The van der Waals surface area contributed by atoms with Gasteiger partial charge in [0.15, 0.2) is 0 Å². The van der Waals surface area contributed by atoms with Crippen LogP contribution in [0, 0.1) is 11.8 Å². The minimum Gasteiger partial charge on any atom is -0.381 e. The van der Waals surface area contributed by atoms with E-state index in [2.05, 4.69) is 24.0 Å². The van der Waals surface area contributed by atoms with Crippen LogP contribution in [0.4, 0.5) is 0 Å². The smallest absolute Gasteiger partial charge is 0.0509 e. The average molecular weight is 215 g/mol. The third kappa shape index (κ3) is 2.88. The number of thioether (sulfide) groups is 1. The molecule has 0 radical (unpaired) electrons. The van der Waals surface area contributed by atoms with Gasteiger partial charge in [0, 0.05) is 12.6 Å². The van der Waals surface area contributed by atoms with E-state index in [1.54, 1.807) is 0 Å². The van der Waals surface area contributed by atoms with Gasteiger partial charge in [-0.05, 0) is 49.7 Å². The number of ether oxygens (including phenoxy) is 1. The fourth-order valence-electron chi connectivity index (χ4n) is 2.21. The van der Waals surface area contributed by atoms with Crippen LogP contribution in [0.5, 0.6) is 0 Å². The van der Waals surface area contributed by atoms with Crippen molar-refractivity contribution in [2.45, 2.75) is 25.8 Å². The van der Waals surface area contributed by atoms with E-state index >= 15 is 0 Å². The molecule has 3 heteroatoms. The normalized spacial score (nSPS) is 34.9. The second-order valence-corrected chi connectivity index (χ2v) is 5.70. The minimum atomic E-state index is 0.642. The zero-order valence-corrected chi connectivity index (χ0v) is 9.81. The second-order valence-electron chi connectivity index (χ2n) is 4.55. The zero-order valence-electron chi connectivity index (χ0n) is 9.00. The molecule has 2 fully saturated rings. The van der Waals surface area contributed by atoms with Gasteiger partial charge in [-0.25, -0.2) is 0 Å². The van der Waals surface area contributed by atoms with Crippen molar-refractivity contribution in [1.29, 1.82) is 0 Å². The highest BCUT2D eigenvalue weighted by Crippen LogP contribution is 2.23. The van der Waals surface area contributed by atoms with Crippen LogP contribution >= 0.6 is 11.8 Å². The van der Waals surface area contributed by atoms with E-state index < -0.39 is 0 Å². The molecule has 82 valence electrons. The first kappa shape index (κ1) is 10.8. The van der Waals surface area contributed by atoms with Gasteiger partial charge in [-0.1, -0.05) is 0 Å². The molecule has 3 unspecified atom stereocenters. The maximum Gasteiger partial charge on any atom is 0.0509 e. The first-order valence-electron chi connectivity index (χ1n) is 5.75. The fourth-order valence-corrected chi connectivity index (χ4v) is 3.50. The third-order valence-electron chi connectivity index (χ3n) is 3.42. The van der Waals surface area contributed by atoms with Gasteiger partial charge < -0.3 is 10.1 Å². The lowest BCUT2D eigenvalue weighted by Crippen LogP contribution is -2.37. The van der Waals surface area contributed by atoms with Gasteiger partial charge in [-0.15, -0.1) is 0 Å². The molecule has 0 aromatic rings. The van der Waals surface area contributed by atoms with Crippen molar-refractivity contribution >= 4 is 11.8 Å². The molecule has 1 N–H and O–H groups in total. The number of nitrogens with one attached hydrogen (secondary N) is 1. The third-order valence-corrected chi connectivity index (χ3v) is 4.66. The second kappa shape index (κ2) is 5.38. The molecular formula is C11H21NOS. The molecule has 2 saturated heterocycles. The highest BCUT2D eigenvalue weighted by molar-refractivity contribution is 7.99. The lowest BCUT2D eigenvalue weighted by molar-refractivity contribution is 0.178. The summed E-state index contributed by atoms with van der Waals surface area (Å²) < 4.78 is 5.41. The number of hydrogen-bond acceptors (Lipinski definition) is 3. The fraction of sp³-hybridized carbons (Fsp3) is 1.00. The Kier molecular flexibility index (Phi) is 4.14. The van der Waals surface area contributed by atoms with Crippen LogP contribution in [0.1, 0.15) is 19.8 Å². The lowest BCUT2D eigenvalue weighted by atomic mass is 10.00. The van der Waals surface area contributed by atoms with E-state index in [9.17, 15) is 0 Å². The molecule has 3 atom stereocenters. The Bertz CT molecular complexity index is 165. The molecule has 0 amide bonds. The van der Waals surface area contributed by atoms with Gasteiger partial charge in [0.25, 0.3) is 0 Å². The first-order valence-corrected chi connectivity index (χ1v) is 6.90. The van der Waals surface area contributed by atoms with Crippen LogP contribution in [0.2, 0.25) is 0 Å². The topological polar surface area (TPSA) is 21.3 Å². The van der Waals surface area contributed by atoms with Crippen LogP contribution in [0.3, 0.4) is 0 Å². The van der Waals surface area contributed by atoms with Crippen LogP contribution < -0.4 is 5.32 Å². The van der Waals surface area contributed by atoms with Crippen molar-refractivity contribution in [1.82, 2.24) is 5.32 Å². The van der Waals surface area contributed by atoms with E-state index in [4.69, 9.17) is 4.74 Å². The average Bonchev–Trinajstić information content (AvgIpc) is 2.87. The maximum atomic E-state index is 5.41. The van der Waals surface area contributed by atoms with Crippen LogP contribution in [0.15, 0.2) is 0 Å². The van der Waals surface area contributed by atoms with Crippen molar-refractivity contribution in [2.75, 3.05) is 31.3 Å². The highest BCUT2D eigenvalue weighted by atomic mass is 32.2. The van der Waals surface area contributed by atoms with Crippen LogP contribution in [-0.2, 0) is 4.74 Å². The summed E-state index contributed by atoms with van der Waals surface area (Å²) in [6, 6.07) is 0.642. The highest BCUT2D eigenvalue weighted by Gasteiger charge is 2.23. The van der Waals surface area contributed by atoms with Crippen molar-refractivity contribution in [2.24, 2.45) is 11.8 Å². The minimum absolute atomic E-state index is 0.642. The van der Waals surface area contributed by atoms with Gasteiger partial charge >= 0.3 is 0 Å². The molecule has 2 aliphatic heterocycles. The van der Waals surface area contributed by atoms with Gasteiger partial charge in [-0.3, -0.25) is 0 Å². The van der Waals surface area contributed by atoms with E-state index in [1.807, 2.05) is 0 Å². The SMILES string of the molecule is CC(NCC1CCSC1)C1CCOC1. The quantitative estimate of drug-likeness (QED) is 0.772. The summed E-state index contributed by atoms with van der Waals surface area (Å²) in [5.41, 5.74) is 0. The molecule has 0 aromatic carbocycles. The van der Waals surface area contributed by atoms with Crippen molar-refractivity contribution in [3.8, 4) is 0 Å². The summed E-state index contributed by atoms with van der Waals surface area (Å²) in [5.74, 6) is 4.41. The molecule has 0 aromatic heterocycles. The Balaban J connectivity index is 1.63. The lowest BCUT2D eigenvalue weighted by Gasteiger charge is -2.21. The maximum absolute atomic E-state index is 5.41. The predicted molar refractivity (Wildman–Crippen MR) is 61.8 cm³/mol. The van der Waals surface area contributed by atoms with Crippen LogP contribution in [-0.4, -0.2) is 37.3 Å². The van der Waals surface area contributed by atoms with Crippen molar-refractivity contribution in [3.05, 3.63) is 0 Å². The molecule has 2 aliphatic rings. The Morgan fingerprint density at radius 1 is 1.50 bits per heavy atom. The summed E-state index contributed by atoms with van der Waals surface area (Å²) in [4.78, 5) is 0. The molecule has 2 heterocycles. The Morgan fingerprint density at radius 3 is 3.07 bits per heavy atom. The Morgan fingerprint density at radius 2 is 2.43 bits per heavy atom. The summed E-state index contributed by atoms with van der Waals surface area (Å²) in [6.45, 7) is 5.45. The van der Waals surface area contributed by atoms with E-state index in [-0.39, 0.29) is 0 Å². The van der Waals surface area contributed by atoms with Gasteiger partial charge in [0.2, 0.25) is 0 Å². The molecular weight excluding hydrogens is 194 g/mol. The van der Waals surface area contributed by atoms with E-state index in [0.717, 1.165) is 25.0 Å². The number of rotatable bonds is 4. The summed E-state index contributed by atoms with van der Waals surface area (Å²) in [6.07, 6.45) is 2.65. The van der Waals surface area contributed by atoms with Gasteiger partial charge in [0.05, 0.1) is 6.61 Å². The molecule has 14 heavy (non-hydrogen) atoms. The molecule has 2 nitrogen and oxygen atoms in total. The van der Waals surface area contributed by atoms with E-state index in [1.165, 1.54) is 30.9 Å². The monoisotopic (exact) mass is 215 g/mol. The number of hydrogen-bond donors (Lipinski definition) is 1. The molecule has 2 rings (SSSR count). The Labute approximate surface area is 91.2 Å². The molecule has 0 bridgehead atoms. The molecule has 0 spiro atoms. The molecule has 0 aliphatic carbocycles. The van der Waals surface area contributed by atoms with Crippen molar-refractivity contribution in [3.63, 3.8) is 0 Å². The van der Waals surface area contributed by atoms with Crippen LogP contribution in [0.25, 0.3) is 0 Å². The standard InChI is InChI=1S/C11H21NOS/c1-9(11-2-4-13-7-11)12-6-10-3-5-14-8-10/h9-12H,2-8H2,1H3. The van der Waals surface area contributed by atoms with E-state index in [0.29, 0.717) is 6.04 Å². The summed E-state index contributed by atoms with van der Waals surface area (Å²) in [5, 5.41) is 3.67. The summed E-state index contributed by atoms with van der Waals surface area (Å²) >= 11 is 2.10. The van der Waals surface area contributed by atoms with Crippen molar-refractivity contribution < 1.29 is 4.74 Å². The Hall–Kier alpha value is 0.270. The largest absolute Gasteiger partial charge is 0.381 e. The molecule has 0 saturated carbocycles. The zero-order chi connectivity index (χ0) is 9.80. The summed E-state index contributed by atoms with van der Waals surface area (Å²) in [7, 11) is 0. The predicted octanol–water partition coefficient (Wildman–Crippen LogP) is 1.75.